The molecule has 2 aromatic carbocycles. The lowest BCUT2D eigenvalue weighted by Gasteiger charge is -2.15. The van der Waals surface area contributed by atoms with Crippen molar-refractivity contribution in [1.29, 1.82) is 0 Å². The maximum absolute atomic E-state index is 6.16. The summed E-state index contributed by atoms with van der Waals surface area (Å²) in [5, 5.41) is 2.07. The second kappa shape index (κ2) is 5.68. The molecule has 18 heavy (non-hydrogen) atoms. The van der Waals surface area contributed by atoms with Crippen LogP contribution >= 0.6 is 46.4 Å². The monoisotopic (exact) mass is 319 g/mol. The van der Waals surface area contributed by atoms with Gasteiger partial charge in [0.15, 0.2) is 0 Å². The third-order valence-electron chi connectivity index (χ3n) is 2.60. The molecular formula is C13H9Cl4N. The second-order valence-corrected chi connectivity index (χ2v) is 5.48. The van der Waals surface area contributed by atoms with E-state index in [2.05, 4.69) is 0 Å². The number of benzene rings is 2. The molecule has 0 aromatic heterocycles. The van der Waals surface area contributed by atoms with Crippen LogP contribution in [0.1, 0.15) is 17.2 Å². The van der Waals surface area contributed by atoms with Gasteiger partial charge in [0.05, 0.1) is 16.1 Å². The Balaban J connectivity index is 2.41. The van der Waals surface area contributed by atoms with Crippen LogP contribution in [0.25, 0.3) is 0 Å². The Labute approximate surface area is 125 Å². The lowest BCUT2D eigenvalue weighted by molar-refractivity contribution is 0.872. The number of hydrogen-bond donors (Lipinski definition) is 1. The van der Waals surface area contributed by atoms with E-state index in [1.54, 1.807) is 30.3 Å². The van der Waals surface area contributed by atoms with Crippen molar-refractivity contribution in [2.75, 3.05) is 0 Å². The van der Waals surface area contributed by atoms with E-state index in [9.17, 15) is 0 Å². The lowest BCUT2D eigenvalue weighted by atomic mass is 10.00. The lowest BCUT2D eigenvalue weighted by Crippen LogP contribution is -2.12. The first-order chi connectivity index (χ1) is 8.49. The van der Waals surface area contributed by atoms with Crippen molar-refractivity contribution in [2.45, 2.75) is 6.04 Å². The predicted octanol–water partition coefficient (Wildman–Crippen LogP) is 5.35. The summed E-state index contributed by atoms with van der Waals surface area (Å²) in [5.41, 5.74) is 7.79. The van der Waals surface area contributed by atoms with Crippen molar-refractivity contribution in [1.82, 2.24) is 0 Å². The molecular weight excluding hydrogens is 312 g/mol. The smallest absolute Gasteiger partial charge is 0.0595 e. The van der Waals surface area contributed by atoms with E-state index in [1.807, 2.05) is 6.07 Å². The van der Waals surface area contributed by atoms with Crippen molar-refractivity contribution in [2.24, 2.45) is 5.73 Å². The highest BCUT2D eigenvalue weighted by atomic mass is 35.5. The molecule has 0 aliphatic rings. The topological polar surface area (TPSA) is 26.0 Å². The fourth-order valence-corrected chi connectivity index (χ4v) is 2.47. The van der Waals surface area contributed by atoms with Crippen molar-refractivity contribution in [3.05, 3.63) is 67.6 Å². The Morgan fingerprint density at radius 1 is 0.778 bits per heavy atom. The highest BCUT2D eigenvalue weighted by molar-refractivity contribution is 6.42. The Morgan fingerprint density at radius 3 is 2.11 bits per heavy atom. The van der Waals surface area contributed by atoms with Crippen LogP contribution < -0.4 is 5.73 Å². The summed E-state index contributed by atoms with van der Waals surface area (Å²) in [6.07, 6.45) is 0. The molecule has 0 radical (unpaired) electrons. The fraction of sp³-hybridized carbons (Fsp3) is 0.0769. The number of rotatable bonds is 2. The van der Waals surface area contributed by atoms with Crippen LogP contribution in [0.2, 0.25) is 20.1 Å². The second-order valence-electron chi connectivity index (χ2n) is 3.82. The molecule has 0 heterocycles. The highest BCUT2D eigenvalue weighted by Gasteiger charge is 2.14. The number of hydrogen-bond acceptors (Lipinski definition) is 1. The molecule has 0 aliphatic carbocycles. The Kier molecular flexibility index (Phi) is 4.41. The Hall–Kier alpha value is -0.440. The number of halogens is 4. The van der Waals surface area contributed by atoms with Crippen LogP contribution in [0.3, 0.4) is 0 Å². The molecule has 1 atom stereocenters. The van der Waals surface area contributed by atoms with Gasteiger partial charge in [0.2, 0.25) is 0 Å². The van der Waals surface area contributed by atoms with Gasteiger partial charge in [0, 0.05) is 10.0 Å². The molecule has 0 aliphatic heterocycles. The minimum absolute atomic E-state index is 0.371. The van der Waals surface area contributed by atoms with E-state index in [4.69, 9.17) is 52.1 Å². The summed E-state index contributed by atoms with van der Waals surface area (Å²) in [6.45, 7) is 0. The molecule has 1 nitrogen and oxygen atoms in total. The van der Waals surface area contributed by atoms with Gasteiger partial charge in [0.25, 0.3) is 0 Å². The quantitative estimate of drug-likeness (QED) is 0.793. The average Bonchev–Trinajstić information content (AvgIpc) is 2.32. The molecule has 94 valence electrons. The molecule has 0 saturated carbocycles. The Bertz CT molecular complexity index is 583. The van der Waals surface area contributed by atoms with Crippen molar-refractivity contribution < 1.29 is 0 Å². The highest BCUT2D eigenvalue weighted by Crippen LogP contribution is 2.31. The molecule has 2 N–H and O–H groups in total. The normalized spacial score (nSPS) is 12.5. The first-order valence-electron chi connectivity index (χ1n) is 5.14. The van der Waals surface area contributed by atoms with E-state index in [-0.39, 0.29) is 6.04 Å². The van der Waals surface area contributed by atoms with Gasteiger partial charge in [-0.3, -0.25) is 0 Å². The van der Waals surface area contributed by atoms with Gasteiger partial charge in [-0.05, 0) is 35.4 Å². The molecule has 0 saturated heterocycles. The van der Waals surface area contributed by atoms with Gasteiger partial charge < -0.3 is 5.73 Å². The fourth-order valence-electron chi connectivity index (χ4n) is 1.64. The molecule has 0 fully saturated rings. The van der Waals surface area contributed by atoms with Crippen molar-refractivity contribution >= 4 is 46.4 Å². The summed E-state index contributed by atoms with van der Waals surface area (Å²) in [7, 11) is 0. The summed E-state index contributed by atoms with van der Waals surface area (Å²) in [5.74, 6) is 0. The van der Waals surface area contributed by atoms with Gasteiger partial charge in [0.1, 0.15) is 0 Å². The molecule has 1 unspecified atom stereocenters. The molecule has 0 bridgehead atoms. The molecule has 5 heteroatoms. The zero-order valence-corrected chi connectivity index (χ0v) is 12.2. The predicted molar refractivity (Wildman–Crippen MR) is 79.0 cm³/mol. The largest absolute Gasteiger partial charge is 0.320 e. The third-order valence-corrected chi connectivity index (χ3v) is 3.90. The molecule has 2 rings (SSSR count). The molecule has 0 amide bonds. The van der Waals surface area contributed by atoms with Crippen LogP contribution in [-0.4, -0.2) is 0 Å². The SMILES string of the molecule is NC(c1ccc(Cl)c(Cl)c1)c1ccc(Cl)cc1Cl. The van der Waals surface area contributed by atoms with E-state index in [0.29, 0.717) is 20.1 Å². The van der Waals surface area contributed by atoms with Gasteiger partial charge in [-0.2, -0.15) is 0 Å². The van der Waals surface area contributed by atoms with E-state index < -0.39 is 0 Å². The van der Waals surface area contributed by atoms with Crippen LogP contribution in [-0.2, 0) is 0 Å². The first-order valence-corrected chi connectivity index (χ1v) is 6.65. The Morgan fingerprint density at radius 2 is 1.50 bits per heavy atom. The average molecular weight is 321 g/mol. The summed E-state index contributed by atoms with van der Waals surface area (Å²) in [4.78, 5) is 0. The third kappa shape index (κ3) is 2.93. The van der Waals surface area contributed by atoms with Crippen LogP contribution in [0.4, 0.5) is 0 Å². The van der Waals surface area contributed by atoms with Gasteiger partial charge in [-0.1, -0.05) is 58.5 Å². The summed E-state index contributed by atoms with van der Waals surface area (Å²) >= 11 is 23.8. The van der Waals surface area contributed by atoms with Crippen molar-refractivity contribution in [3.8, 4) is 0 Å². The summed E-state index contributed by atoms with van der Waals surface area (Å²) < 4.78 is 0. The zero-order chi connectivity index (χ0) is 13.3. The number of nitrogens with two attached hydrogens (primary N) is 1. The van der Waals surface area contributed by atoms with Crippen LogP contribution in [0.15, 0.2) is 36.4 Å². The van der Waals surface area contributed by atoms with Gasteiger partial charge in [-0.25, -0.2) is 0 Å². The first kappa shape index (κ1) is 14.0. The minimum Gasteiger partial charge on any atom is -0.320 e. The van der Waals surface area contributed by atoms with Gasteiger partial charge in [-0.15, -0.1) is 0 Å². The van der Waals surface area contributed by atoms with Crippen LogP contribution in [0, 0.1) is 0 Å². The minimum atomic E-state index is -0.371. The van der Waals surface area contributed by atoms with Crippen LogP contribution in [0.5, 0.6) is 0 Å². The molecule has 0 spiro atoms. The standard InChI is InChI=1S/C13H9Cl4N/c14-8-2-3-9(11(16)6-8)13(18)7-1-4-10(15)12(17)5-7/h1-6,13H,18H2. The maximum atomic E-state index is 6.16. The zero-order valence-electron chi connectivity index (χ0n) is 9.13. The maximum Gasteiger partial charge on any atom is 0.0595 e. The van der Waals surface area contributed by atoms with Gasteiger partial charge >= 0.3 is 0 Å². The summed E-state index contributed by atoms with van der Waals surface area (Å²) in [6, 6.07) is 10.1. The van der Waals surface area contributed by atoms with E-state index in [1.165, 1.54) is 0 Å². The van der Waals surface area contributed by atoms with Crippen molar-refractivity contribution in [3.63, 3.8) is 0 Å². The van der Waals surface area contributed by atoms with E-state index in [0.717, 1.165) is 11.1 Å². The molecule has 2 aromatic rings. The van der Waals surface area contributed by atoms with E-state index >= 15 is 0 Å².